The second-order valence-electron chi connectivity index (χ2n) is 4.13. The summed E-state index contributed by atoms with van der Waals surface area (Å²) in [5, 5.41) is 7.75. The number of methoxy groups -OCH3 is 1. The smallest absolute Gasteiger partial charge is 0.141 e. The zero-order valence-corrected chi connectivity index (χ0v) is 11.2. The highest BCUT2D eigenvalue weighted by Gasteiger charge is 2.09. The van der Waals surface area contributed by atoms with E-state index < -0.39 is 0 Å². The van der Waals surface area contributed by atoms with E-state index in [1.807, 2.05) is 6.07 Å². The molecule has 1 atom stereocenters. The molecule has 1 N–H and O–H groups in total. The number of nitrogens with one attached hydrogen (secondary N) is 1. The molecule has 3 heteroatoms. The van der Waals surface area contributed by atoms with Crippen LogP contribution in [0.4, 0.5) is 5.69 Å². The first-order chi connectivity index (χ1) is 8.20. The summed E-state index contributed by atoms with van der Waals surface area (Å²) in [6.45, 7) is 4.24. The van der Waals surface area contributed by atoms with Crippen LogP contribution < -0.4 is 10.1 Å². The van der Waals surface area contributed by atoms with E-state index in [4.69, 9.17) is 4.74 Å². The molecule has 0 bridgehead atoms. The van der Waals surface area contributed by atoms with Crippen LogP contribution in [0.15, 0.2) is 35.0 Å². The Morgan fingerprint density at radius 1 is 1.29 bits per heavy atom. The summed E-state index contributed by atoms with van der Waals surface area (Å²) in [6, 6.07) is 8.60. The van der Waals surface area contributed by atoms with Crippen molar-refractivity contribution in [2.24, 2.45) is 0 Å². The van der Waals surface area contributed by atoms with Gasteiger partial charge in [0.05, 0.1) is 12.8 Å². The van der Waals surface area contributed by atoms with Gasteiger partial charge in [-0.1, -0.05) is 6.07 Å². The van der Waals surface area contributed by atoms with Gasteiger partial charge in [0, 0.05) is 6.04 Å². The fraction of sp³-hybridized carbons (Fsp3) is 0.286. The lowest BCUT2D eigenvalue weighted by Crippen LogP contribution is -2.06. The standard InChI is InChI=1S/C14H17NOS/c1-10-4-5-14(16-3)13(8-10)15-11(2)12-6-7-17-9-12/h4-9,11,15H,1-3H3. The molecule has 0 spiro atoms. The number of ether oxygens (including phenoxy) is 1. The lowest BCUT2D eigenvalue weighted by Gasteiger charge is -2.17. The van der Waals surface area contributed by atoms with E-state index in [-0.39, 0.29) is 6.04 Å². The van der Waals surface area contributed by atoms with E-state index >= 15 is 0 Å². The highest BCUT2D eigenvalue weighted by molar-refractivity contribution is 7.07. The fourth-order valence-electron chi connectivity index (χ4n) is 1.77. The normalized spacial score (nSPS) is 12.2. The van der Waals surface area contributed by atoms with Crippen LogP contribution >= 0.6 is 11.3 Å². The number of hydrogen-bond acceptors (Lipinski definition) is 3. The summed E-state index contributed by atoms with van der Waals surface area (Å²) in [7, 11) is 1.70. The minimum absolute atomic E-state index is 0.289. The number of anilines is 1. The van der Waals surface area contributed by atoms with Crippen molar-refractivity contribution in [3.63, 3.8) is 0 Å². The van der Waals surface area contributed by atoms with E-state index in [2.05, 4.69) is 48.1 Å². The van der Waals surface area contributed by atoms with Crippen LogP contribution in [-0.4, -0.2) is 7.11 Å². The van der Waals surface area contributed by atoms with Gasteiger partial charge in [0.1, 0.15) is 5.75 Å². The molecule has 0 fully saturated rings. The SMILES string of the molecule is COc1ccc(C)cc1NC(C)c1ccsc1. The Bertz CT molecular complexity index is 479. The Hall–Kier alpha value is -1.48. The summed E-state index contributed by atoms with van der Waals surface area (Å²) in [5.74, 6) is 0.887. The Morgan fingerprint density at radius 3 is 2.76 bits per heavy atom. The molecular weight excluding hydrogens is 230 g/mol. The molecule has 0 saturated carbocycles. The molecule has 0 aliphatic rings. The number of hydrogen-bond donors (Lipinski definition) is 1. The van der Waals surface area contributed by atoms with Crippen molar-refractivity contribution in [1.29, 1.82) is 0 Å². The third kappa shape index (κ3) is 2.80. The van der Waals surface area contributed by atoms with Crippen LogP contribution in [0, 0.1) is 6.92 Å². The second kappa shape index (κ2) is 5.23. The van der Waals surface area contributed by atoms with Gasteiger partial charge in [0.2, 0.25) is 0 Å². The van der Waals surface area contributed by atoms with E-state index in [1.54, 1.807) is 18.4 Å². The van der Waals surface area contributed by atoms with Gasteiger partial charge >= 0.3 is 0 Å². The van der Waals surface area contributed by atoms with Crippen LogP contribution in [0.25, 0.3) is 0 Å². The minimum Gasteiger partial charge on any atom is -0.495 e. The maximum atomic E-state index is 5.36. The molecular formula is C14H17NOS. The molecule has 1 aromatic carbocycles. The van der Waals surface area contributed by atoms with Crippen molar-refractivity contribution >= 4 is 17.0 Å². The van der Waals surface area contributed by atoms with E-state index in [1.165, 1.54) is 11.1 Å². The molecule has 1 heterocycles. The maximum absolute atomic E-state index is 5.36. The Morgan fingerprint density at radius 2 is 2.12 bits per heavy atom. The van der Waals surface area contributed by atoms with Crippen molar-refractivity contribution < 1.29 is 4.74 Å². The molecule has 2 rings (SSSR count). The first-order valence-electron chi connectivity index (χ1n) is 5.64. The van der Waals surface area contributed by atoms with Crippen molar-refractivity contribution in [2.45, 2.75) is 19.9 Å². The quantitative estimate of drug-likeness (QED) is 0.872. The number of rotatable bonds is 4. The zero-order chi connectivity index (χ0) is 12.3. The lowest BCUT2D eigenvalue weighted by molar-refractivity contribution is 0.416. The molecule has 2 aromatic rings. The maximum Gasteiger partial charge on any atom is 0.141 e. The highest BCUT2D eigenvalue weighted by atomic mass is 32.1. The molecule has 0 saturated heterocycles. The van der Waals surface area contributed by atoms with Crippen LogP contribution in [0.5, 0.6) is 5.75 Å². The average Bonchev–Trinajstić information content (AvgIpc) is 2.83. The van der Waals surface area contributed by atoms with Crippen LogP contribution in [-0.2, 0) is 0 Å². The zero-order valence-electron chi connectivity index (χ0n) is 10.4. The summed E-state index contributed by atoms with van der Waals surface area (Å²) < 4.78 is 5.36. The minimum atomic E-state index is 0.289. The number of benzene rings is 1. The first kappa shape index (κ1) is 12.0. The third-order valence-electron chi connectivity index (χ3n) is 2.77. The van der Waals surface area contributed by atoms with Gasteiger partial charge in [-0.05, 0) is 53.9 Å². The van der Waals surface area contributed by atoms with Crippen LogP contribution in [0.1, 0.15) is 24.1 Å². The van der Waals surface area contributed by atoms with E-state index in [0.29, 0.717) is 0 Å². The molecule has 17 heavy (non-hydrogen) atoms. The van der Waals surface area contributed by atoms with Gasteiger partial charge in [-0.15, -0.1) is 0 Å². The highest BCUT2D eigenvalue weighted by Crippen LogP contribution is 2.29. The summed E-state index contributed by atoms with van der Waals surface area (Å²) >= 11 is 1.72. The summed E-state index contributed by atoms with van der Waals surface area (Å²) in [4.78, 5) is 0. The molecule has 1 unspecified atom stereocenters. The Kier molecular flexibility index (Phi) is 3.69. The van der Waals surface area contributed by atoms with Crippen molar-refractivity contribution in [3.05, 3.63) is 46.2 Å². The van der Waals surface area contributed by atoms with Crippen molar-refractivity contribution in [1.82, 2.24) is 0 Å². The van der Waals surface area contributed by atoms with Crippen LogP contribution in [0.3, 0.4) is 0 Å². The molecule has 0 aliphatic heterocycles. The van der Waals surface area contributed by atoms with Gasteiger partial charge < -0.3 is 10.1 Å². The molecule has 1 aromatic heterocycles. The first-order valence-corrected chi connectivity index (χ1v) is 6.58. The van der Waals surface area contributed by atoms with E-state index in [0.717, 1.165) is 11.4 Å². The van der Waals surface area contributed by atoms with Gasteiger partial charge in [-0.2, -0.15) is 11.3 Å². The van der Waals surface area contributed by atoms with Crippen LogP contribution in [0.2, 0.25) is 0 Å². The predicted molar refractivity (Wildman–Crippen MR) is 74.1 cm³/mol. The van der Waals surface area contributed by atoms with Gasteiger partial charge in [0.25, 0.3) is 0 Å². The summed E-state index contributed by atoms with van der Waals surface area (Å²) in [6.07, 6.45) is 0. The lowest BCUT2D eigenvalue weighted by atomic mass is 10.1. The molecule has 90 valence electrons. The summed E-state index contributed by atoms with van der Waals surface area (Å²) in [5.41, 5.74) is 3.58. The topological polar surface area (TPSA) is 21.3 Å². The average molecular weight is 247 g/mol. The number of thiophene rings is 1. The molecule has 2 nitrogen and oxygen atoms in total. The Balaban J connectivity index is 2.20. The third-order valence-corrected chi connectivity index (χ3v) is 3.47. The monoisotopic (exact) mass is 247 g/mol. The second-order valence-corrected chi connectivity index (χ2v) is 4.91. The predicted octanol–water partition coefficient (Wildman–Crippen LogP) is 4.24. The molecule has 0 radical (unpaired) electrons. The van der Waals surface area contributed by atoms with Gasteiger partial charge in [-0.3, -0.25) is 0 Å². The molecule has 0 amide bonds. The number of aryl methyl sites for hydroxylation is 1. The van der Waals surface area contributed by atoms with Gasteiger partial charge in [0.15, 0.2) is 0 Å². The Labute approximate surface area is 106 Å². The van der Waals surface area contributed by atoms with E-state index in [9.17, 15) is 0 Å². The van der Waals surface area contributed by atoms with Crippen molar-refractivity contribution in [2.75, 3.05) is 12.4 Å². The molecule has 0 aliphatic carbocycles. The fourth-order valence-corrected chi connectivity index (χ4v) is 2.53. The van der Waals surface area contributed by atoms with Gasteiger partial charge in [-0.25, -0.2) is 0 Å². The van der Waals surface area contributed by atoms with Crippen molar-refractivity contribution in [3.8, 4) is 5.75 Å². The largest absolute Gasteiger partial charge is 0.495 e.